The highest BCUT2D eigenvalue weighted by molar-refractivity contribution is 8.14. The third-order valence-electron chi connectivity index (χ3n) is 4.43. The van der Waals surface area contributed by atoms with Gasteiger partial charge in [0.1, 0.15) is 6.04 Å². The fourth-order valence-corrected chi connectivity index (χ4v) is 4.20. The molecule has 0 N–H and O–H groups in total. The number of hydrogen-bond donors (Lipinski definition) is 1. The maximum atomic E-state index is 12.7. The van der Waals surface area contributed by atoms with E-state index in [2.05, 4.69) is 12.6 Å². The Bertz CT molecular complexity index is 763. The van der Waals surface area contributed by atoms with Crippen LogP contribution in [0.25, 0.3) is 0 Å². The Morgan fingerprint density at radius 3 is 2.25 bits per heavy atom. The molecule has 0 fully saturated rings. The van der Waals surface area contributed by atoms with Crippen molar-refractivity contribution in [2.24, 2.45) is 0 Å². The zero-order chi connectivity index (χ0) is 20.8. The largest absolute Gasteiger partial charge is 0.333 e. The van der Waals surface area contributed by atoms with Crippen molar-refractivity contribution in [3.8, 4) is 0 Å². The minimum Gasteiger partial charge on any atom is -0.333 e. The maximum absolute atomic E-state index is 12.7. The van der Waals surface area contributed by atoms with Crippen LogP contribution in [0.15, 0.2) is 24.3 Å². The zero-order valence-corrected chi connectivity index (χ0v) is 17.3. The van der Waals surface area contributed by atoms with Crippen molar-refractivity contribution in [1.82, 2.24) is 9.80 Å². The van der Waals surface area contributed by atoms with Gasteiger partial charge in [-0.25, -0.2) is 0 Å². The Kier molecular flexibility index (Phi) is 7.82. The Hall–Kier alpha value is -2.13. The fraction of sp³-hybridized carbons (Fsp3) is 0.421. The number of hydrogen-bond acceptors (Lipinski definition) is 7. The van der Waals surface area contributed by atoms with Gasteiger partial charge in [-0.05, 0) is 25.0 Å². The molecular formula is C19H21N2O5S2. The van der Waals surface area contributed by atoms with Crippen molar-refractivity contribution in [2.45, 2.75) is 31.1 Å². The third kappa shape index (κ3) is 4.82. The molecule has 9 heteroatoms. The summed E-state index contributed by atoms with van der Waals surface area (Å²) in [6.45, 7) is 1.51. The molecule has 0 aromatic heterocycles. The number of fused-ring (bicyclic) bond motifs is 1. The number of amides is 3. The number of imide groups is 1. The lowest BCUT2D eigenvalue weighted by atomic mass is 10.1. The van der Waals surface area contributed by atoms with Gasteiger partial charge in [0.05, 0.1) is 16.4 Å². The zero-order valence-electron chi connectivity index (χ0n) is 15.6. The molecule has 1 unspecified atom stereocenters. The second-order valence-corrected chi connectivity index (χ2v) is 8.06. The molecule has 28 heavy (non-hydrogen) atoms. The topological polar surface area (TPSA) is 91.8 Å². The molecule has 3 amide bonds. The van der Waals surface area contributed by atoms with E-state index in [0.717, 1.165) is 16.7 Å². The number of thiol groups is 1. The molecule has 1 heterocycles. The van der Waals surface area contributed by atoms with Crippen molar-refractivity contribution in [2.75, 3.05) is 19.3 Å². The number of carbonyl (C=O) groups is 4. The van der Waals surface area contributed by atoms with Crippen LogP contribution >= 0.6 is 24.4 Å². The van der Waals surface area contributed by atoms with Crippen molar-refractivity contribution < 1.29 is 24.0 Å². The smallest absolute Gasteiger partial charge is 0.261 e. The van der Waals surface area contributed by atoms with E-state index in [0.29, 0.717) is 17.5 Å². The molecule has 0 bridgehead atoms. The highest BCUT2D eigenvalue weighted by atomic mass is 32.2. The summed E-state index contributed by atoms with van der Waals surface area (Å²) in [7, 11) is 1.46. The summed E-state index contributed by atoms with van der Waals surface area (Å²) in [4.78, 5) is 62.3. The van der Waals surface area contributed by atoms with Crippen LogP contribution in [-0.4, -0.2) is 69.6 Å². The van der Waals surface area contributed by atoms with Gasteiger partial charge in [-0.15, -0.1) is 0 Å². The van der Waals surface area contributed by atoms with E-state index in [1.54, 1.807) is 30.6 Å². The monoisotopic (exact) mass is 421 g/mol. The summed E-state index contributed by atoms with van der Waals surface area (Å²) >= 11 is 4.90. The summed E-state index contributed by atoms with van der Waals surface area (Å²) in [5.41, 5.74) is 0.743. The van der Waals surface area contributed by atoms with Gasteiger partial charge in [-0.3, -0.25) is 28.9 Å². The van der Waals surface area contributed by atoms with Crippen LogP contribution in [0.1, 0.15) is 40.5 Å². The summed E-state index contributed by atoms with van der Waals surface area (Å²) in [6, 6.07) is 5.81. The first kappa shape index (κ1) is 22.2. The van der Waals surface area contributed by atoms with E-state index >= 15 is 0 Å². The van der Waals surface area contributed by atoms with Gasteiger partial charge in [0.15, 0.2) is 5.12 Å². The Morgan fingerprint density at radius 2 is 1.79 bits per heavy atom. The molecule has 1 radical (unpaired) electrons. The first-order valence-electron chi connectivity index (χ1n) is 8.69. The third-order valence-corrected chi connectivity index (χ3v) is 5.83. The van der Waals surface area contributed by atoms with E-state index in [-0.39, 0.29) is 41.6 Å². The van der Waals surface area contributed by atoms with Crippen molar-refractivity contribution >= 4 is 53.5 Å². The lowest BCUT2D eigenvalue weighted by Gasteiger charge is -2.26. The molecule has 0 aliphatic carbocycles. The summed E-state index contributed by atoms with van der Waals surface area (Å²) in [6.07, 6.45) is 2.38. The van der Waals surface area contributed by atoms with Gasteiger partial charge < -0.3 is 4.90 Å². The lowest BCUT2D eigenvalue weighted by Crippen LogP contribution is -2.44. The highest BCUT2D eigenvalue weighted by Gasteiger charge is 2.35. The van der Waals surface area contributed by atoms with Crippen LogP contribution in [0.4, 0.5) is 0 Å². The average molecular weight is 422 g/mol. The normalized spacial score (nSPS) is 15.2. The first-order valence-corrected chi connectivity index (χ1v) is 10.2. The number of rotatable bonds is 9. The number of carbonyl (C=O) groups excluding carboxylic acids is 5. The number of thioether (sulfide) groups is 1. The molecule has 0 spiro atoms. The molecule has 1 aliphatic rings. The molecule has 1 aromatic rings. The van der Waals surface area contributed by atoms with Gasteiger partial charge >= 0.3 is 0 Å². The van der Waals surface area contributed by atoms with Crippen molar-refractivity contribution in [3.05, 3.63) is 35.4 Å². The molecule has 1 aliphatic heterocycles. The molecule has 2 rings (SSSR count). The standard InChI is InChI=1S/C19H21N2O5S2/c1-12(23)28-16(19(26)20(2)13(10-22)11-27)8-5-9-21-17(24)14-6-3-4-7-15(14)18(21)25/h3-4,6-7,13,16,27H,5,8-9,11H2,1-2H3/t13?,16-/m0/s1. The van der Waals surface area contributed by atoms with E-state index in [1.165, 1.54) is 18.9 Å². The molecule has 149 valence electrons. The highest BCUT2D eigenvalue weighted by Crippen LogP contribution is 2.25. The van der Waals surface area contributed by atoms with Crippen molar-refractivity contribution in [3.63, 3.8) is 0 Å². The molecule has 0 saturated carbocycles. The quantitative estimate of drug-likeness (QED) is 0.481. The van der Waals surface area contributed by atoms with Crippen LogP contribution in [0.2, 0.25) is 0 Å². The van der Waals surface area contributed by atoms with E-state index < -0.39 is 11.3 Å². The second kappa shape index (κ2) is 9.88. The Labute approximate surface area is 173 Å². The first-order chi connectivity index (χ1) is 13.3. The number of nitrogens with zero attached hydrogens (tertiary/aromatic N) is 2. The average Bonchev–Trinajstić information content (AvgIpc) is 2.92. The van der Waals surface area contributed by atoms with Crippen LogP contribution in [-0.2, 0) is 14.4 Å². The summed E-state index contributed by atoms with van der Waals surface area (Å²) in [5, 5.41) is -0.946. The predicted octanol–water partition coefficient (Wildman–Crippen LogP) is 1.58. The lowest BCUT2D eigenvalue weighted by molar-refractivity contribution is -0.130. The summed E-state index contributed by atoms with van der Waals surface area (Å²) < 4.78 is 0. The summed E-state index contributed by atoms with van der Waals surface area (Å²) in [5.74, 6) is -0.973. The molecule has 0 saturated heterocycles. The minimum atomic E-state index is -0.804. The van der Waals surface area contributed by atoms with Crippen LogP contribution in [0.3, 0.4) is 0 Å². The SMILES string of the molecule is CC(=O)S[C@@H](CCCN1C(=O)c2ccccc2C1=O)C(=O)N(C)C([C]=O)CS. The predicted molar refractivity (Wildman–Crippen MR) is 109 cm³/mol. The molecule has 7 nitrogen and oxygen atoms in total. The molecule has 2 atom stereocenters. The fourth-order valence-electron chi connectivity index (χ4n) is 2.93. The van der Waals surface area contributed by atoms with E-state index in [1.807, 2.05) is 0 Å². The van der Waals surface area contributed by atoms with Gasteiger partial charge in [0, 0.05) is 26.3 Å². The minimum absolute atomic E-state index is 0.123. The Balaban J connectivity index is 2.02. The van der Waals surface area contributed by atoms with E-state index in [4.69, 9.17) is 0 Å². The van der Waals surface area contributed by atoms with Gasteiger partial charge in [-0.1, -0.05) is 23.9 Å². The van der Waals surface area contributed by atoms with Gasteiger partial charge in [0.25, 0.3) is 11.8 Å². The molecule has 1 aromatic carbocycles. The van der Waals surface area contributed by atoms with Gasteiger partial charge in [-0.2, -0.15) is 12.6 Å². The van der Waals surface area contributed by atoms with Crippen LogP contribution < -0.4 is 0 Å². The van der Waals surface area contributed by atoms with E-state index in [9.17, 15) is 24.0 Å². The number of benzene rings is 1. The second-order valence-electron chi connectivity index (χ2n) is 6.31. The van der Waals surface area contributed by atoms with Crippen LogP contribution in [0, 0.1) is 0 Å². The Morgan fingerprint density at radius 1 is 1.21 bits per heavy atom. The van der Waals surface area contributed by atoms with Crippen molar-refractivity contribution in [1.29, 1.82) is 0 Å². The van der Waals surface area contributed by atoms with Crippen LogP contribution in [0.5, 0.6) is 0 Å². The molecular weight excluding hydrogens is 400 g/mol. The number of likely N-dealkylation sites (N-methyl/N-ethyl adjacent to an activating group) is 1. The van der Waals surface area contributed by atoms with Gasteiger partial charge in [0.2, 0.25) is 12.2 Å². The maximum Gasteiger partial charge on any atom is 0.261 e.